The molecule has 3 aromatic rings. The molecule has 1 aliphatic rings. The van der Waals surface area contributed by atoms with Crippen LogP contribution < -0.4 is 10.0 Å². The average molecular weight is 434 g/mol. The average Bonchev–Trinajstić information content (AvgIpc) is 3.04. The maximum atomic E-state index is 13.3. The molecule has 0 aliphatic carbocycles. The highest BCUT2D eigenvalue weighted by Crippen LogP contribution is 2.41. The Morgan fingerprint density at radius 3 is 1.90 bits per heavy atom. The van der Waals surface area contributed by atoms with Gasteiger partial charge in [0.1, 0.15) is 5.92 Å². The Balaban J connectivity index is 1.83. The van der Waals surface area contributed by atoms with E-state index in [4.69, 9.17) is 5.14 Å². The van der Waals surface area contributed by atoms with Crippen LogP contribution in [0.2, 0.25) is 0 Å². The molecule has 1 saturated heterocycles. The van der Waals surface area contributed by atoms with E-state index in [-0.39, 0.29) is 4.90 Å². The molecule has 0 bridgehead atoms. The summed E-state index contributed by atoms with van der Waals surface area (Å²) in [5, 5.41) is 5.15. The fourth-order valence-electron chi connectivity index (χ4n) is 3.78. The second kappa shape index (κ2) is 7.90. The van der Waals surface area contributed by atoms with Crippen molar-refractivity contribution in [3.05, 3.63) is 96.1 Å². The topological polar surface area (TPSA) is 115 Å². The zero-order valence-corrected chi connectivity index (χ0v) is 17.0. The number of rotatable bonds is 5. The summed E-state index contributed by atoms with van der Waals surface area (Å²) in [4.78, 5) is 40.4. The van der Waals surface area contributed by atoms with E-state index in [9.17, 15) is 22.8 Å². The van der Waals surface area contributed by atoms with E-state index in [1.54, 1.807) is 60.7 Å². The van der Waals surface area contributed by atoms with E-state index in [0.717, 1.165) is 0 Å². The van der Waals surface area contributed by atoms with Gasteiger partial charge in [-0.25, -0.2) is 13.6 Å². The monoisotopic (exact) mass is 434 g/mol. The van der Waals surface area contributed by atoms with Gasteiger partial charge in [-0.15, -0.1) is 0 Å². The molecule has 1 fully saturated rings. The van der Waals surface area contributed by atoms with Crippen LogP contribution in [0.25, 0.3) is 0 Å². The Hall–Kier alpha value is -3.62. The molecule has 3 aromatic carbocycles. The maximum Gasteiger partial charge on any atom is 0.295 e. The lowest BCUT2D eigenvalue weighted by Crippen LogP contribution is -2.30. The molecule has 1 amide bonds. The minimum atomic E-state index is -3.92. The second-order valence-corrected chi connectivity index (χ2v) is 8.70. The van der Waals surface area contributed by atoms with Crippen LogP contribution in [-0.4, -0.2) is 25.9 Å². The molecule has 2 N–H and O–H groups in total. The number of nitrogens with two attached hydrogens (primary N) is 1. The summed E-state index contributed by atoms with van der Waals surface area (Å²) in [7, 11) is -3.92. The Kier molecular flexibility index (Phi) is 5.26. The first-order chi connectivity index (χ1) is 14.8. The number of amides is 1. The number of hydrogen-bond acceptors (Lipinski definition) is 5. The van der Waals surface area contributed by atoms with E-state index >= 15 is 0 Å². The number of Topliss-reactive ketones (excluding diaryl/α,β-unsaturated/α-hetero) is 2. The summed E-state index contributed by atoms with van der Waals surface area (Å²) >= 11 is 0. The van der Waals surface area contributed by atoms with Crippen LogP contribution in [-0.2, 0) is 19.6 Å². The van der Waals surface area contributed by atoms with Crippen LogP contribution >= 0.6 is 0 Å². The highest BCUT2D eigenvalue weighted by Gasteiger charge is 2.52. The molecular weight excluding hydrogens is 416 g/mol. The molecular formula is C23H18N2O5S. The van der Waals surface area contributed by atoms with Crippen LogP contribution in [0.5, 0.6) is 0 Å². The Morgan fingerprint density at radius 1 is 0.806 bits per heavy atom. The van der Waals surface area contributed by atoms with Gasteiger partial charge in [-0.3, -0.25) is 19.3 Å². The number of ketones is 2. The standard InChI is InChI=1S/C23H18N2O5S/c24-31(29,30)18-13-11-17(12-14-18)25-20(15-7-3-1-4-8-15)19(22(27)23(25)28)21(26)16-9-5-2-6-10-16/h1-14,19-20H,(H2,24,29,30). The zero-order chi connectivity index (χ0) is 22.2. The van der Waals surface area contributed by atoms with E-state index in [1.807, 2.05) is 0 Å². The van der Waals surface area contributed by atoms with Gasteiger partial charge in [0.15, 0.2) is 5.78 Å². The van der Waals surface area contributed by atoms with Gasteiger partial charge < -0.3 is 0 Å². The van der Waals surface area contributed by atoms with Crippen LogP contribution in [0, 0.1) is 5.92 Å². The molecule has 156 valence electrons. The maximum absolute atomic E-state index is 13.3. The second-order valence-electron chi connectivity index (χ2n) is 7.14. The predicted octanol–water partition coefficient (Wildman–Crippen LogP) is 2.49. The zero-order valence-electron chi connectivity index (χ0n) is 16.2. The molecule has 0 radical (unpaired) electrons. The quantitative estimate of drug-likeness (QED) is 0.376. The van der Waals surface area contributed by atoms with Crippen LogP contribution in [0.4, 0.5) is 5.69 Å². The molecule has 0 saturated carbocycles. The summed E-state index contributed by atoms with van der Waals surface area (Å²) in [5.74, 6) is -3.31. The van der Waals surface area contributed by atoms with Gasteiger partial charge in [-0.2, -0.15) is 0 Å². The molecule has 1 heterocycles. The highest BCUT2D eigenvalue weighted by molar-refractivity contribution is 7.89. The number of hydrogen-bond donors (Lipinski definition) is 1. The molecule has 8 heteroatoms. The Labute approximate surface area is 179 Å². The van der Waals surface area contributed by atoms with Gasteiger partial charge in [-0.1, -0.05) is 60.7 Å². The number of anilines is 1. The van der Waals surface area contributed by atoms with E-state index < -0.39 is 39.5 Å². The van der Waals surface area contributed by atoms with E-state index in [1.165, 1.54) is 29.2 Å². The van der Waals surface area contributed by atoms with Crippen molar-refractivity contribution in [3.63, 3.8) is 0 Å². The normalized spacial score (nSPS) is 18.9. The van der Waals surface area contributed by atoms with Gasteiger partial charge in [-0.05, 0) is 29.8 Å². The van der Waals surface area contributed by atoms with Gasteiger partial charge in [0, 0.05) is 11.3 Å². The van der Waals surface area contributed by atoms with Gasteiger partial charge in [0.05, 0.1) is 10.9 Å². The third-order valence-electron chi connectivity index (χ3n) is 5.23. The first-order valence-corrected chi connectivity index (χ1v) is 11.0. The van der Waals surface area contributed by atoms with Crippen molar-refractivity contribution >= 4 is 33.2 Å². The summed E-state index contributed by atoms with van der Waals surface area (Å²) in [6.07, 6.45) is 0. The Bertz CT molecular complexity index is 1260. The van der Waals surface area contributed by atoms with E-state index in [2.05, 4.69) is 0 Å². The van der Waals surface area contributed by atoms with Gasteiger partial charge >= 0.3 is 0 Å². The lowest BCUT2D eigenvalue weighted by molar-refractivity contribution is -0.135. The van der Waals surface area contributed by atoms with Crippen LogP contribution in [0.15, 0.2) is 89.8 Å². The van der Waals surface area contributed by atoms with Crippen molar-refractivity contribution in [1.29, 1.82) is 0 Å². The van der Waals surface area contributed by atoms with E-state index in [0.29, 0.717) is 16.8 Å². The molecule has 4 rings (SSSR count). The summed E-state index contributed by atoms with van der Waals surface area (Å²) < 4.78 is 23.1. The molecule has 2 unspecified atom stereocenters. The number of sulfonamides is 1. The lowest BCUT2D eigenvalue weighted by Gasteiger charge is -2.27. The molecule has 31 heavy (non-hydrogen) atoms. The molecule has 2 atom stereocenters. The van der Waals surface area contributed by atoms with Crippen LogP contribution in [0.3, 0.4) is 0 Å². The van der Waals surface area contributed by atoms with Gasteiger partial charge in [0.25, 0.3) is 5.91 Å². The van der Waals surface area contributed by atoms with Crippen molar-refractivity contribution in [2.45, 2.75) is 10.9 Å². The first-order valence-electron chi connectivity index (χ1n) is 9.43. The van der Waals surface area contributed by atoms with Crippen molar-refractivity contribution in [1.82, 2.24) is 0 Å². The number of carbonyl (C=O) groups is 3. The summed E-state index contributed by atoms with van der Waals surface area (Å²) in [6, 6.07) is 21.6. The molecule has 7 nitrogen and oxygen atoms in total. The fourth-order valence-corrected chi connectivity index (χ4v) is 4.30. The highest BCUT2D eigenvalue weighted by atomic mass is 32.2. The SMILES string of the molecule is NS(=O)(=O)c1ccc(N2C(=O)C(=O)C(C(=O)c3ccccc3)C2c2ccccc2)cc1. The fraction of sp³-hybridized carbons (Fsp3) is 0.0870. The lowest BCUT2D eigenvalue weighted by atomic mass is 9.86. The number of nitrogens with zero attached hydrogens (tertiary/aromatic N) is 1. The first kappa shape index (κ1) is 20.6. The van der Waals surface area contributed by atoms with Gasteiger partial charge in [0.2, 0.25) is 15.8 Å². The minimum absolute atomic E-state index is 0.123. The molecule has 0 spiro atoms. The van der Waals surface area contributed by atoms with Crippen molar-refractivity contribution in [2.75, 3.05) is 4.90 Å². The Morgan fingerprint density at radius 2 is 1.35 bits per heavy atom. The smallest absolute Gasteiger partial charge is 0.295 e. The van der Waals surface area contributed by atoms with Crippen molar-refractivity contribution in [2.24, 2.45) is 11.1 Å². The summed E-state index contributed by atoms with van der Waals surface area (Å²) in [6.45, 7) is 0. The summed E-state index contributed by atoms with van der Waals surface area (Å²) in [5.41, 5.74) is 1.25. The molecule has 0 aromatic heterocycles. The third-order valence-corrected chi connectivity index (χ3v) is 6.16. The number of primary sulfonamides is 1. The van der Waals surface area contributed by atoms with Crippen LogP contribution in [0.1, 0.15) is 22.0 Å². The van der Waals surface area contributed by atoms with Crippen molar-refractivity contribution < 1.29 is 22.8 Å². The molecule has 1 aliphatic heterocycles. The largest absolute Gasteiger partial charge is 0.297 e. The minimum Gasteiger partial charge on any atom is -0.297 e. The number of benzene rings is 3. The predicted molar refractivity (Wildman–Crippen MR) is 114 cm³/mol. The third kappa shape index (κ3) is 3.78. The van der Waals surface area contributed by atoms with Crippen molar-refractivity contribution in [3.8, 4) is 0 Å². The number of carbonyl (C=O) groups excluding carboxylic acids is 3.